The van der Waals surface area contributed by atoms with Crippen LogP contribution in [0.25, 0.3) is 0 Å². The standard InChI is InChI=1S/C15H31N3/c1-14(7-12-17(2)3)18-11-6-10-16-15(13-18)8-4-5-9-15/h14,16H,4-13H2,1-3H3. The first-order valence-corrected chi connectivity index (χ1v) is 7.75. The average molecular weight is 253 g/mol. The van der Waals surface area contributed by atoms with Gasteiger partial charge in [-0.2, -0.15) is 0 Å². The molecule has 1 atom stereocenters. The van der Waals surface area contributed by atoms with Crippen molar-refractivity contribution in [1.82, 2.24) is 15.1 Å². The first kappa shape index (κ1) is 14.3. The van der Waals surface area contributed by atoms with Gasteiger partial charge in [-0.05, 0) is 66.3 Å². The molecule has 0 bridgehead atoms. The minimum Gasteiger partial charge on any atom is -0.310 e. The third-order valence-corrected chi connectivity index (χ3v) is 4.81. The van der Waals surface area contributed by atoms with Gasteiger partial charge in [0.15, 0.2) is 0 Å². The largest absolute Gasteiger partial charge is 0.310 e. The molecule has 18 heavy (non-hydrogen) atoms. The number of rotatable bonds is 4. The molecule has 0 amide bonds. The minimum absolute atomic E-state index is 0.461. The van der Waals surface area contributed by atoms with E-state index in [9.17, 15) is 0 Å². The van der Waals surface area contributed by atoms with Crippen LogP contribution in [-0.4, -0.2) is 61.7 Å². The Hall–Kier alpha value is -0.120. The summed E-state index contributed by atoms with van der Waals surface area (Å²) < 4.78 is 0. The molecule has 1 unspecified atom stereocenters. The first-order chi connectivity index (χ1) is 8.61. The summed E-state index contributed by atoms with van der Waals surface area (Å²) in [6.45, 7) is 7.40. The van der Waals surface area contributed by atoms with Gasteiger partial charge in [0.25, 0.3) is 0 Å². The number of hydrogen-bond acceptors (Lipinski definition) is 3. The lowest BCUT2D eigenvalue weighted by atomic mass is 9.96. The van der Waals surface area contributed by atoms with Crippen LogP contribution in [0, 0.1) is 0 Å². The third kappa shape index (κ3) is 3.69. The van der Waals surface area contributed by atoms with Crippen molar-refractivity contribution in [3.8, 4) is 0 Å². The molecular formula is C15H31N3. The Bertz CT molecular complexity index is 246. The molecule has 2 rings (SSSR count). The fourth-order valence-corrected chi connectivity index (χ4v) is 3.55. The molecule has 106 valence electrons. The van der Waals surface area contributed by atoms with Gasteiger partial charge in [-0.1, -0.05) is 12.8 Å². The van der Waals surface area contributed by atoms with Crippen LogP contribution < -0.4 is 5.32 Å². The van der Waals surface area contributed by atoms with Crippen LogP contribution in [0.2, 0.25) is 0 Å². The summed E-state index contributed by atoms with van der Waals surface area (Å²) in [5.74, 6) is 0. The normalized spacial score (nSPS) is 26.7. The van der Waals surface area contributed by atoms with Crippen LogP contribution in [0.5, 0.6) is 0 Å². The van der Waals surface area contributed by atoms with Gasteiger partial charge < -0.3 is 10.2 Å². The zero-order valence-electron chi connectivity index (χ0n) is 12.5. The topological polar surface area (TPSA) is 18.5 Å². The van der Waals surface area contributed by atoms with Crippen LogP contribution >= 0.6 is 0 Å². The Morgan fingerprint density at radius 1 is 1.22 bits per heavy atom. The lowest BCUT2D eigenvalue weighted by Gasteiger charge is -2.36. The van der Waals surface area contributed by atoms with Crippen molar-refractivity contribution in [1.29, 1.82) is 0 Å². The van der Waals surface area contributed by atoms with Gasteiger partial charge in [-0.25, -0.2) is 0 Å². The maximum atomic E-state index is 3.85. The average Bonchev–Trinajstić information content (AvgIpc) is 2.67. The SMILES string of the molecule is CC(CCN(C)C)N1CCCNC2(CCCC2)C1. The van der Waals surface area contributed by atoms with Crippen molar-refractivity contribution in [2.75, 3.05) is 40.3 Å². The fraction of sp³-hybridized carbons (Fsp3) is 1.00. The maximum absolute atomic E-state index is 3.85. The van der Waals surface area contributed by atoms with Gasteiger partial charge >= 0.3 is 0 Å². The van der Waals surface area contributed by atoms with Crippen molar-refractivity contribution in [3.05, 3.63) is 0 Å². The van der Waals surface area contributed by atoms with E-state index >= 15 is 0 Å². The van der Waals surface area contributed by atoms with E-state index in [1.807, 2.05) is 0 Å². The van der Waals surface area contributed by atoms with E-state index in [2.05, 4.69) is 36.1 Å². The molecule has 0 aromatic rings. The van der Waals surface area contributed by atoms with Gasteiger partial charge in [-0.3, -0.25) is 4.90 Å². The number of nitrogens with zero attached hydrogens (tertiary/aromatic N) is 2. The highest BCUT2D eigenvalue weighted by molar-refractivity contribution is 4.97. The Balaban J connectivity index is 1.90. The summed E-state index contributed by atoms with van der Waals surface area (Å²) in [5, 5.41) is 3.85. The molecule has 2 fully saturated rings. The molecule has 0 aromatic heterocycles. The molecule has 1 heterocycles. The zero-order valence-corrected chi connectivity index (χ0v) is 12.5. The summed E-state index contributed by atoms with van der Waals surface area (Å²) in [6.07, 6.45) is 8.24. The van der Waals surface area contributed by atoms with E-state index < -0.39 is 0 Å². The van der Waals surface area contributed by atoms with Crippen molar-refractivity contribution in [2.24, 2.45) is 0 Å². The Morgan fingerprint density at radius 3 is 2.61 bits per heavy atom. The first-order valence-electron chi connectivity index (χ1n) is 7.75. The van der Waals surface area contributed by atoms with Crippen LogP contribution in [-0.2, 0) is 0 Å². The second-order valence-electron chi connectivity index (χ2n) is 6.68. The van der Waals surface area contributed by atoms with E-state index in [-0.39, 0.29) is 0 Å². The predicted octanol–water partition coefficient (Wildman–Crippen LogP) is 1.93. The second-order valence-corrected chi connectivity index (χ2v) is 6.68. The van der Waals surface area contributed by atoms with E-state index in [1.54, 1.807) is 0 Å². The Labute approximate surface area is 113 Å². The Kier molecular flexibility index (Phi) is 5.05. The van der Waals surface area contributed by atoms with E-state index in [4.69, 9.17) is 0 Å². The molecule has 1 saturated heterocycles. The molecule has 0 aromatic carbocycles. The molecule has 1 spiro atoms. The summed E-state index contributed by atoms with van der Waals surface area (Å²) in [5.41, 5.74) is 0.461. The van der Waals surface area contributed by atoms with Crippen molar-refractivity contribution < 1.29 is 0 Å². The minimum atomic E-state index is 0.461. The summed E-state index contributed by atoms with van der Waals surface area (Å²) >= 11 is 0. The third-order valence-electron chi connectivity index (χ3n) is 4.81. The maximum Gasteiger partial charge on any atom is 0.0308 e. The van der Waals surface area contributed by atoms with E-state index in [0.717, 1.165) is 6.04 Å². The molecule has 1 N–H and O–H groups in total. The summed E-state index contributed by atoms with van der Waals surface area (Å²) in [7, 11) is 4.35. The molecule has 3 heteroatoms. The molecule has 0 radical (unpaired) electrons. The van der Waals surface area contributed by atoms with Crippen LogP contribution in [0.1, 0.15) is 45.4 Å². The fourth-order valence-electron chi connectivity index (χ4n) is 3.55. The van der Waals surface area contributed by atoms with E-state index in [0.29, 0.717) is 5.54 Å². The molecular weight excluding hydrogens is 222 g/mol. The van der Waals surface area contributed by atoms with Gasteiger partial charge in [0, 0.05) is 18.1 Å². The molecule has 2 aliphatic rings. The Morgan fingerprint density at radius 2 is 1.94 bits per heavy atom. The lowest BCUT2D eigenvalue weighted by molar-refractivity contribution is 0.152. The molecule has 3 nitrogen and oxygen atoms in total. The monoisotopic (exact) mass is 253 g/mol. The van der Waals surface area contributed by atoms with Crippen LogP contribution in [0.15, 0.2) is 0 Å². The summed E-state index contributed by atoms with van der Waals surface area (Å²) in [6, 6.07) is 0.727. The van der Waals surface area contributed by atoms with Gasteiger partial charge in [0.2, 0.25) is 0 Å². The number of nitrogens with one attached hydrogen (secondary N) is 1. The van der Waals surface area contributed by atoms with Gasteiger partial charge in [0.1, 0.15) is 0 Å². The summed E-state index contributed by atoms with van der Waals surface area (Å²) in [4.78, 5) is 5.05. The quantitative estimate of drug-likeness (QED) is 0.826. The molecule has 1 aliphatic carbocycles. The van der Waals surface area contributed by atoms with Gasteiger partial charge in [-0.15, -0.1) is 0 Å². The highest BCUT2D eigenvalue weighted by Gasteiger charge is 2.37. The predicted molar refractivity (Wildman–Crippen MR) is 78.0 cm³/mol. The van der Waals surface area contributed by atoms with Crippen LogP contribution in [0.3, 0.4) is 0 Å². The second kappa shape index (κ2) is 6.36. The van der Waals surface area contributed by atoms with Crippen molar-refractivity contribution in [2.45, 2.75) is 57.0 Å². The molecule has 1 aliphatic heterocycles. The lowest BCUT2D eigenvalue weighted by Crippen LogP contribution is -2.51. The highest BCUT2D eigenvalue weighted by atomic mass is 15.2. The van der Waals surface area contributed by atoms with Crippen molar-refractivity contribution >= 4 is 0 Å². The molecule has 1 saturated carbocycles. The van der Waals surface area contributed by atoms with Crippen LogP contribution in [0.4, 0.5) is 0 Å². The van der Waals surface area contributed by atoms with E-state index in [1.165, 1.54) is 64.7 Å². The highest BCUT2D eigenvalue weighted by Crippen LogP contribution is 2.32. The zero-order chi connectivity index (χ0) is 13.0. The van der Waals surface area contributed by atoms with Gasteiger partial charge in [0.05, 0.1) is 0 Å². The smallest absolute Gasteiger partial charge is 0.0308 e. The number of hydrogen-bond donors (Lipinski definition) is 1. The van der Waals surface area contributed by atoms with Crippen molar-refractivity contribution in [3.63, 3.8) is 0 Å².